The molecule has 0 unspecified atom stereocenters. The van der Waals surface area contributed by atoms with Crippen molar-refractivity contribution in [3.05, 3.63) is 0 Å². The molecule has 0 saturated carbocycles. The summed E-state index contributed by atoms with van der Waals surface area (Å²) < 4.78 is 0. The molecule has 53 valence electrons. The van der Waals surface area contributed by atoms with E-state index >= 15 is 0 Å². The zero-order chi connectivity index (χ0) is 7.70. The first-order valence-corrected chi connectivity index (χ1v) is 1.66. The molecule has 0 aromatic rings. The summed E-state index contributed by atoms with van der Waals surface area (Å²) in [6.07, 6.45) is 0. The fraction of sp³-hybridized carbons (Fsp3) is 0. The molecule has 5 N–H and O–H groups in total. The molecule has 0 atom stereocenters. The molecule has 0 aliphatic rings. The normalized spacial score (nSPS) is 5.89. The summed E-state index contributed by atoms with van der Waals surface area (Å²) in [7, 11) is 0. The van der Waals surface area contributed by atoms with Crippen LogP contribution in [0, 0.1) is 0 Å². The predicted molar refractivity (Wildman–Crippen MR) is 26.1 cm³/mol. The zero-order valence-corrected chi connectivity index (χ0v) is 4.40. The molecule has 0 bridgehead atoms. The Morgan fingerprint density at radius 2 is 2.00 bits per heavy atom. The molecule has 0 rings (SSSR count). The van der Waals surface area contributed by atoms with Gasteiger partial charge < -0.3 is 21.6 Å². The maximum absolute atomic E-state index is 8.64. The SMILES string of the molecule is O=CO[O-].[NH]N=[13C](N)N. The van der Waals surface area contributed by atoms with Gasteiger partial charge in [-0.05, 0) is 0 Å². The number of nitrogens with one attached hydrogen (secondary N) is 1. The van der Waals surface area contributed by atoms with Gasteiger partial charge in [0.2, 0.25) is 5.96 Å². The van der Waals surface area contributed by atoms with Crippen LogP contribution in [0.4, 0.5) is 0 Å². The number of guanidine groups is 1. The number of carbonyl (C=O) groups excluding carboxylic acids is 1. The fourth-order valence-electron chi connectivity index (χ4n) is 0. The van der Waals surface area contributed by atoms with E-state index in [1.54, 1.807) is 0 Å². The molecule has 0 fully saturated rings. The molecule has 0 amide bonds. The molecule has 0 aliphatic carbocycles. The summed E-state index contributed by atoms with van der Waals surface area (Å²) in [6.45, 7) is -0.181. The van der Waals surface area contributed by atoms with Crippen LogP contribution >= 0.6 is 0 Å². The Hall–Kier alpha value is -1.50. The highest BCUT2D eigenvalue weighted by Gasteiger charge is 1.63. The van der Waals surface area contributed by atoms with Crippen LogP contribution in [0.1, 0.15) is 0 Å². The first kappa shape index (κ1) is 10.5. The van der Waals surface area contributed by atoms with Gasteiger partial charge in [-0.2, -0.15) is 0 Å². The van der Waals surface area contributed by atoms with E-state index in [-0.39, 0.29) is 12.4 Å². The van der Waals surface area contributed by atoms with Gasteiger partial charge in [-0.25, -0.2) is 5.84 Å². The average Bonchev–Trinajstić information content (AvgIpc) is 1.89. The van der Waals surface area contributed by atoms with Gasteiger partial charge in [0.05, 0.1) is 0 Å². The maximum Gasteiger partial charge on any atom is 0.287 e. The summed E-state index contributed by atoms with van der Waals surface area (Å²) in [4.78, 5) is 11.2. The summed E-state index contributed by atoms with van der Waals surface area (Å²) in [5.41, 5.74) is 9.26. The standard InChI is InChI=1S/CH5N4.CH2O3/c2-1(3)5-4;2-1-4-3/h4H,(H4,2,3,5);1,3H/p-1/i1+1;. The van der Waals surface area contributed by atoms with E-state index in [4.69, 9.17) is 15.9 Å². The molecule has 7 heteroatoms. The van der Waals surface area contributed by atoms with Crippen LogP contribution in [-0.2, 0) is 9.68 Å². The van der Waals surface area contributed by atoms with Crippen molar-refractivity contribution in [2.24, 2.45) is 16.6 Å². The van der Waals surface area contributed by atoms with Crippen molar-refractivity contribution in [2.75, 3.05) is 0 Å². The zero-order valence-electron chi connectivity index (χ0n) is 4.40. The maximum atomic E-state index is 8.64. The highest BCUT2D eigenvalue weighted by molar-refractivity contribution is 5.75. The third kappa shape index (κ3) is 58.5. The Morgan fingerprint density at radius 1 is 1.78 bits per heavy atom. The van der Waals surface area contributed by atoms with E-state index in [1.165, 1.54) is 0 Å². The second kappa shape index (κ2) is 9.71. The molecule has 7 nitrogen and oxygen atoms in total. The molecule has 9 heavy (non-hydrogen) atoms. The van der Waals surface area contributed by atoms with Gasteiger partial charge in [-0.15, -0.1) is 5.10 Å². The largest absolute Gasteiger partial charge is 0.662 e. The minimum atomic E-state index is -0.204. The van der Waals surface area contributed by atoms with Crippen LogP contribution in [0.3, 0.4) is 0 Å². The molecule has 0 spiro atoms. The molecular formula is C2H6N4O3-. The Labute approximate surface area is 51.0 Å². The minimum Gasteiger partial charge on any atom is -0.662 e. The van der Waals surface area contributed by atoms with Gasteiger partial charge in [0.15, 0.2) is 0 Å². The Balaban J connectivity index is 0. The third-order valence-corrected chi connectivity index (χ3v) is 0.168. The van der Waals surface area contributed by atoms with E-state index in [1.807, 2.05) is 0 Å². The van der Waals surface area contributed by atoms with Crippen molar-refractivity contribution in [3.8, 4) is 0 Å². The van der Waals surface area contributed by atoms with E-state index in [0.29, 0.717) is 0 Å². The molecule has 0 heterocycles. The topological polar surface area (TPSA) is 138 Å². The van der Waals surface area contributed by atoms with E-state index < -0.39 is 0 Å². The van der Waals surface area contributed by atoms with Gasteiger partial charge in [0.25, 0.3) is 6.47 Å². The van der Waals surface area contributed by atoms with Crippen LogP contribution in [0.5, 0.6) is 0 Å². The molecule has 0 aromatic heterocycles. The molecular weight excluding hydrogens is 129 g/mol. The van der Waals surface area contributed by atoms with Crippen LogP contribution in [0.2, 0.25) is 0 Å². The molecule has 0 saturated heterocycles. The monoisotopic (exact) mass is 135 g/mol. The van der Waals surface area contributed by atoms with E-state index in [0.717, 1.165) is 0 Å². The number of nitrogens with zero attached hydrogens (tertiary/aromatic N) is 1. The summed E-state index contributed by atoms with van der Waals surface area (Å²) >= 11 is 0. The second-order valence-corrected chi connectivity index (χ2v) is 0.729. The minimum absolute atomic E-state index is 0.181. The first-order valence-electron chi connectivity index (χ1n) is 1.66. The quantitative estimate of drug-likeness (QED) is 0.0978. The summed E-state index contributed by atoms with van der Waals surface area (Å²) in [5.74, 6) is 5.79. The number of hydrogen-bond acceptors (Lipinski definition) is 4. The fourth-order valence-corrected chi connectivity index (χ4v) is 0. The van der Waals surface area contributed by atoms with Crippen LogP contribution in [0.15, 0.2) is 5.10 Å². The van der Waals surface area contributed by atoms with E-state index in [9.17, 15) is 0 Å². The van der Waals surface area contributed by atoms with Gasteiger partial charge in [0.1, 0.15) is 0 Å². The molecule has 0 aliphatic heterocycles. The highest BCUT2D eigenvalue weighted by Crippen LogP contribution is 1.36. The lowest BCUT2D eigenvalue weighted by Crippen LogP contribution is -2.22. The second-order valence-electron chi connectivity index (χ2n) is 0.729. The molecule has 1 radical (unpaired) electrons. The average molecular weight is 135 g/mol. The van der Waals surface area contributed by atoms with Crippen LogP contribution < -0.4 is 22.6 Å². The number of nitrogens with two attached hydrogens (primary N) is 2. The summed E-state index contributed by atoms with van der Waals surface area (Å²) in [6, 6.07) is 0. The molecule has 0 aromatic carbocycles. The Morgan fingerprint density at radius 3 is 2.00 bits per heavy atom. The Kier molecular flexibility index (Phi) is 11.3. The van der Waals surface area contributed by atoms with Gasteiger partial charge in [-0.1, -0.05) is 0 Å². The van der Waals surface area contributed by atoms with Crippen molar-refractivity contribution in [1.29, 1.82) is 0 Å². The first-order chi connectivity index (χ1) is 4.18. The lowest BCUT2D eigenvalue weighted by molar-refractivity contribution is -0.652. The van der Waals surface area contributed by atoms with Crippen molar-refractivity contribution >= 4 is 12.4 Å². The van der Waals surface area contributed by atoms with Gasteiger partial charge in [-0.3, -0.25) is 4.79 Å². The number of hydrogen-bond donors (Lipinski definition) is 2. The van der Waals surface area contributed by atoms with Crippen LogP contribution in [0.25, 0.3) is 0 Å². The van der Waals surface area contributed by atoms with Crippen molar-refractivity contribution in [2.45, 2.75) is 0 Å². The smallest absolute Gasteiger partial charge is 0.287 e. The van der Waals surface area contributed by atoms with Crippen molar-refractivity contribution in [1.82, 2.24) is 5.84 Å². The Bertz CT molecular complexity index is 87.8. The lowest BCUT2D eigenvalue weighted by atomic mass is 11.7. The predicted octanol–water partition coefficient (Wildman–Crippen LogP) is -3.11. The third-order valence-electron chi connectivity index (χ3n) is 0.168. The number of carbonyl (C=O) groups is 1. The number of rotatable bonds is 1. The summed E-state index contributed by atoms with van der Waals surface area (Å²) in [5, 5.41) is 11.0. The van der Waals surface area contributed by atoms with Gasteiger partial charge in [0, 0.05) is 0 Å². The van der Waals surface area contributed by atoms with Crippen molar-refractivity contribution in [3.63, 3.8) is 0 Å². The highest BCUT2D eigenvalue weighted by atomic mass is 17.1. The lowest BCUT2D eigenvalue weighted by Gasteiger charge is -1.88. The van der Waals surface area contributed by atoms with Crippen molar-refractivity contribution < 1.29 is 14.9 Å². The van der Waals surface area contributed by atoms with Crippen LogP contribution in [-0.4, -0.2) is 12.4 Å². The van der Waals surface area contributed by atoms with Gasteiger partial charge >= 0.3 is 0 Å². The van der Waals surface area contributed by atoms with E-state index in [2.05, 4.69) is 21.5 Å².